The highest BCUT2D eigenvalue weighted by Gasteiger charge is 2.19. The van der Waals surface area contributed by atoms with Gasteiger partial charge in [0.05, 0.1) is 17.5 Å². The summed E-state index contributed by atoms with van der Waals surface area (Å²) in [5.41, 5.74) is 7.25. The second kappa shape index (κ2) is 8.19. The van der Waals surface area contributed by atoms with E-state index in [4.69, 9.17) is 4.52 Å². The fourth-order valence-corrected chi connectivity index (χ4v) is 4.12. The number of alkyl halides is 2. The summed E-state index contributed by atoms with van der Waals surface area (Å²) in [5, 5.41) is 9.68. The molecule has 0 bridgehead atoms. The van der Waals surface area contributed by atoms with E-state index in [0.29, 0.717) is 12.0 Å². The van der Waals surface area contributed by atoms with E-state index >= 15 is 0 Å². The average Bonchev–Trinajstić information content (AvgIpc) is 3.37. The van der Waals surface area contributed by atoms with E-state index in [1.807, 2.05) is 19.1 Å². The number of imidazole rings is 1. The smallest absolute Gasteiger partial charge is 0.183 e. The van der Waals surface area contributed by atoms with Crippen molar-refractivity contribution in [2.75, 3.05) is 0 Å². The van der Waals surface area contributed by atoms with E-state index in [1.54, 1.807) is 16.9 Å². The van der Waals surface area contributed by atoms with E-state index in [1.165, 1.54) is 0 Å². The molecule has 0 radical (unpaired) electrons. The van der Waals surface area contributed by atoms with Gasteiger partial charge in [-0.15, -0.1) is 0 Å². The maximum atomic E-state index is 5.78. The van der Waals surface area contributed by atoms with Gasteiger partial charge in [-0.1, -0.05) is 73.3 Å². The minimum atomic E-state index is -0.269. The van der Waals surface area contributed by atoms with E-state index in [2.05, 4.69) is 102 Å². The van der Waals surface area contributed by atoms with Gasteiger partial charge in [-0.25, -0.2) is 9.50 Å². The zero-order valence-corrected chi connectivity index (χ0v) is 20.6. The second-order valence-electron chi connectivity index (χ2n) is 7.72. The topological polar surface area (TPSA) is 56.2 Å². The number of hydrogen-bond acceptors (Lipinski definition) is 4. The molecule has 5 aromatic rings. The minimum absolute atomic E-state index is 0.269. The lowest BCUT2D eigenvalue weighted by atomic mass is 10.0. The molecular formula is C25H18Br2N4O. The average molecular weight is 550 g/mol. The van der Waals surface area contributed by atoms with Gasteiger partial charge in [-0.05, 0) is 54.7 Å². The zero-order valence-electron chi connectivity index (χ0n) is 17.4. The lowest BCUT2D eigenvalue weighted by molar-refractivity contribution is 0.447. The number of nitrogens with zero attached hydrogens (tertiary/aromatic N) is 4. The van der Waals surface area contributed by atoms with E-state index in [-0.39, 0.29) is 3.23 Å². The molecule has 0 aliphatic rings. The van der Waals surface area contributed by atoms with Crippen LogP contribution in [0.3, 0.4) is 0 Å². The number of rotatable bonds is 3. The summed E-state index contributed by atoms with van der Waals surface area (Å²) >= 11 is 7.32. The number of aromatic nitrogens is 4. The van der Waals surface area contributed by atoms with Crippen LogP contribution in [-0.4, -0.2) is 19.8 Å². The van der Waals surface area contributed by atoms with Gasteiger partial charge in [0.25, 0.3) is 0 Å². The molecular weight excluding hydrogens is 532 g/mol. The fourth-order valence-electron chi connectivity index (χ4n) is 3.62. The van der Waals surface area contributed by atoms with Gasteiger partial charge in [0.15, 0.2) is 11.2 Å². The molecule has 2 aromatic carbocycles. The molecule has 0 spiro atoms. The van der Waals surface area contributed by atoms with Crippen LogP contribution in [0.1, 0.15) is 40.6 Å². The van der Waals surface area contributed by atoms with E-state index < -0.39 is 0 Å². The van der Waals surface area contributed by atoms with Crippen LogP contribution in [0.25, 0.3) is 16.6 Å². The Morgan fingerprint density at radius 1 is 1.09 bits per heavy atom. The molecule has 0 aliphatic carbocycles. The highest BCUT2D eigenvalue weighted by atomic mass is 79.9. The first kappa shape index (κ1) is 20.9. The van der Waals surface area contributed by atoms with Crippen LogP contribution < -0.4 is 0 Å². The lowest BCUT2D eigenvalue weighted by Crippen LogP contribution is -2.03. The number of aryl methyl sites for hydroxylation is 1. The Bertz CT molecular complexity index is 1520. The van der Waals surface area contributed by atoms with Crippen LogP contribution >= 0.6 is 31.9 Å². The van der Waals surface area contributed by atoms with Crippen molar-refractivity contribution < 1.29 is 4.52 Å². The number of benzene rings is 2. The molecule has 7 heteroatoms. The number of fused-ring (bicyclic) bond motifs is 2. The Morgan fingerprint density at radius 3 is 2.81 bits per heavy atom. The molecule has 0 saturated carbocycles. The minimum Gasteiger partial charge on any atom is -0.355 e. The molecule has 0 fully saturated rings. The normalized spacial score (nSPS) is 11.6. The van der Waals surface area contributed by atoms with Gasteiger partial charge >= 0.3 is 0 Å². The highest BCUT2D eigenvalue weighted by molar-refractivity contribution is 9.24. The van der Waals surface area contributed by atoms with E-state index in [9.17, 15) is 0 Å². The molecule has 0 saturated heterocycles. The van der Waals surface area contributed by atoms with Crippen molar-refractivity contribution in [1.29, 1.82) is 0 Å². The van der Waals surface area contributed by atoms with Crippen LogP contribution in [0.15, 0.2) is 65.4 Å². The predicted octanol–water partition coefficient (Wildman–Crippen LogP) is 6.13. The molecule has 0 atom stereocenters. The molecule has 32 heavy (non-hydrogen) atoms. The Kier molecular flexibility index (Phi) is 5.36. The third-order valence-electron chi connectivity index (χ3n) is 5.32. The molecule has 0 N–H and O–H groups in total. The number of hydrogen-bond donors (Lipinski definition) is 0. The molecule has 0 aliphatic heterocycles. The predicted molar refractivity (Wildman–Crippen MR) is 132 cm³/mol. The van der Waals surface area contributed by atoms with Crippen LogP contribution in [0.5, 0.6) is 0 Å². The first-order chi connectivity index (χ1) is 15.4. The summed E-state index contributed by atoms with van der Waals surface area (Å²) in [5.74, 6) is 6.45. The molecule has 5 rings (SSSR count). The van der Waals surface area contributed by atoms with Crippen molar-refractivity contribution >= 4 is 48.5 Å². The second-order valence-corrected chi connectivity index (χ2v) is 12.0. The summed E-state index contributed by atoms with van der Waals surface area (Å²) in [6.07, 6.45) is 4.12. The Morgan fingerprint density at radius 2 is 1.97 bits per heavy atom. The van der Waals surface area contributed by atoms with Gasteiger partial charge in [-0.3, -0.25) is 0 Å². The molecule has 0 amide bonds. The van der Waals surface area contributed by atoms with Gasteiger partial charge < -0.3 is 4.52 Å². The largest absolute Gasteiger partial charge is 0.355 e. The molecule has 158 valence electrons. The van der Waals surface area contributed by atoms with Crippen LogP contribution in [0.2, 0.25) is 0 Å². The maximum Gasteiger partial charge on any atom is 0.183 e. The fraction of sp³-hybridized carbons (Fsp3) is 0.160. The quantitative estimate of drug-likeness (QED) is 0.200. The van der Waals surface area contributed by atoms with Crippen molar-refractivity contribution in [2.24, 2.45) is 0 Å². The number of halogens is 2. The van der Waals surface area contributed by atoms with Gasteiger partial charge in [0.2, 0.25) is 0 Å². The highest BCUT2D eigenvalue weighted by Crippen LogP contribution is 2.37. The molecule has 5 nitrogen and oxygen atoms in total. The molecule has 0 unspecified atom stereocenters. The standard InChI is InChI=1S/C25H18Br2N4O/c1-16-8-10-21-22(14-17-5-3-6-18(13-17)25(2,26)27)30-32-24(21)20(16)11-9-19-15-28-23-7-4-12-29-31(19)23/h3-8,10,12-13,15H,14H2,1-2H3. The summed E-state index contributed by atoms with van der Waals surface area (Å²) in [6.45, 7) is 4.08. The van der Waals surface area contributed by atoms with Crippen molar-refractivity contribution in [2.45, 2.75) is 23.5 Å². The Balaban J connectivity index is 1.53. The third kappa shape index (κ3) is 3.96. The van der Waals surface area contributed by atoms with E-state index in [0.717, 1.165) is 44.7 Å². The van der Waals surface area contributed by atoms with Gasteiger partial charge in [0.1, 0.15) is 8.93 Å². The van der Waals surface area contributed by atoms with Crippen molar-refractivity contribution in [3.05, 3.63) is 94.6 Å². The lowest BCUT2D eigenvalue weighted by Gasteiger charge is -2.15. The summed E-state index contributed by atoms with van der Waals surface area (Å²) in [7, 11) is 0. The summed E-state index contributed by atoms with van der Waals surface area (Å²) in [6, 6.07) is 16.3. The Hall–Kier alpha value is -2.95. The van der Waals surface area contributed by atoms with Crippen molar-refractivity contribution in [1.82, 2.24) is 19.8 Å². The first-order valence-electron chi connectivity index (χ1n) is 10.1. The van der Waals surface area contributed by atoms with Crippen LogP contribution in [0, 0.1) is 18.8 Å². The first-order valence-corrected chi connectivity index (χ1v) is 11.6. The summed E-state index contributed by atoms with van der Waals surface area (Å²) < 4.78 is 7.23. The van der Waals surface area contributed by atoms with Gasteiger partial charge in [-0.2, -0.15) is 5.10 Å². The Labute approximate surface area is 202 Å². The SMILES string of the molecule is Cc1ccc2c(Cc3cccc(C(C)(Br)Br)c3)noc2c1C#Cc1cnc2cccnn12. The van der Waals surface area contributed by atoms with Gasteiger partial charge in [0, 0.05) is 18.0 Å². The molecule has 3 aromatic heterocycles. The van der Waals surface area contributed by atoms with Crippen molar-refractivity contribution in [3.8, 4) is 11.8 Å². The zero-order chi connectivity index (χ0) is 22.3. The monoisotopic (exact) mass is 548 g/mol. The van der Waals surface area contributed by atoms with Crippen LogP contribution in [0.4, 0.5) is 0 Å². The van der Waals surface area contributed by atoms with Crippen molar-refractivity contribution in [3.63, 3.8) is 0 Å². The third-order valence-corrected chi connectivity index (χ3v) is 6.24. The summed E-state index contributed by atoms with van der Waals surface area (Å²) in [4.78, 5) is 4.35. The molecule has 3 heterocycles. The maximum absolute atomic E-state index is 5.78. The van der Waals surface area contributed by atoms with Crippen LogP contribution in [-0.2, 0) is 9.65 Å².